The van der Waals surface area contributed by atoms with E-state index in [-0.39, 0.29) is 5.41 Å². The average Bonchev–Trinajstić information content (AvgIpc) is 3.05. The van der Waals surface area contributed by atoms with E-state index in [1.807, 2.05) is 6.07 Å². The molecule has 2 aromatic carbocycles. The van der Waals surface area contributed by atoms with Crippen molar-refractivity contribution in [3.8, 4) is 5.75 Å². The van der Waals surface area contributed by atoms with Gasteiger partial charge in [0, 0.05) is 35.7 Å². The fraction of sp³-hybridized carbons (Fsp3) is 0.364. The molecule has 2 aliphatic heterocycles. The summed E-state index contributed by atoms with van der Waals surface area (Å²) in [7, 11) is 0. The van der Waals surface area contributed by atoms with Crippen LogP contribution in [-0.4, -0.2) is 43.3 Å². The Hall–Kier alpha value is -2.80. The molecule has 4 rings (SSSR count). The number of hydrogen-bond acceptors (Lipinski definition) is 4. The first-order valence-corrected chi connectivity index (χ1v) is 9.71. The second-order valence-electron chi connectivity index (χ2n) is 7.63. The fourth-order valence-corrected chi connectivity index (χ4v) is 4.21. The summed E-state index contributed by atoms with van der Waals surface area (Å²) >= 11 is 0. The molecule has 2 heterocycles. The molecule has 1 N–H and O–H groups in total. The summed E-state index contributed by atoms with van der Waals surface area (Å²) < 4.78 is 33.6. The molecule has 0 aromatic heterocycles. The molecule has 29 heavy (non-hydrogen) atoms. The predicted octanol–water partition coefficient (Wildman–Crippen LogP) is 3.53. The molecule has 0 radical (unpaired) electrons. The molecule has 1 spiro atoms. The highest BCUT2D eigenvalue weighted by Gasteiger charge is 2.43. The predicted molar refractivity (Wildman–Crippen MR) is 104 cm³/mol. The molecule has 1 saturated heterocycles. The lowest BCUT2D eigenvalue weighted by Crippen LogP contribution is -2.43. The van der Waals surface area contributed by atoms with Crippen LogP contribution in [0.15, 0.2) is 36.4 Å². The van der Waals surface area contributed by atoms with E-state index in [1.54, 1.807) is 12.1 Å². The lowest BCUT2D eigenvalue weighted by Gasteiger charge is -2.38. The van der Waals surface area contributed by atoms with Gasteiger partial charge in [-0.05, 0) is 44.1 Å². The summed E-state index contributed by atoms with van der Waals surface area (Å²) in [5, 5.41) is 2.55. The molecule has 1 amide bonds. The van der Waals surface area contributed by atoms with Crippen LogP contribution in [0.3, 0.4) is 0 Å². The maximum Gasteiger partial charge on any atom is 0.261 e. The zero-order valence-corrected chi connectivity index (χ0v) is 15.9. The average molecular weight is 400 g/mol. The summed E-state index contributed by atoms with van der Waals surface area (Å²) in [6.45, 7) is 3.16. The summed E-state index contributed by atoms with van der Waals surface area (Å²) in [5.41, 5.74) is 0.861. The number of aldehydes is 1. The number of piperidine rings is 1. The van der Waals surface area contributed by atoms with Gasteiger partial charge in [-0.2, -0.15) is 0 Å². The Kier molecular flexibility index (Phi) is 5.32. The zero-order chi connectivity index (χ0) is 20.4. The van der Waals surface area contributed by atoms with Crippen molar-refractivity contribution >= 4 is 17.9 Å². The number of rotatable bonds is 5. The van der Waals surface area contributed by atoms with Gasteiger partial charge in [0.15, 0.2) is 0 Å². The molecule has 1 fully saturated rings. The lowest BCUT2D eigenvalue weighted by molar-refractivity contribution is -0.108. The summed E-state index contributed by atoms with van der Waals surface area (Å²) in [5.74, 6) is -1.95. The first-order valence-electron chi connectivity index (χ1n) is 9.71. The van der Waals surface area contributed by atoms with E-state index in [0.29, 0.717) is 24.5 Å². The fourth-order valence-electron chi connectivity index (χ4n) is 4.21. The minimum absolute atomic E-state index is 0.0623. The van der Waals surface area contributed by atoms with Gasteiger partial charge in [-0.25, -0.2) is 8.78 Å². The maximum absolute atomic E-state index is 13.8. The van der Waals surface area contributed by atoms with Crippen LogP contribution in [0.2, 0.25) is 0 Å². The number of amides is 1. The van der Waals surface area contributed by atoms with E-state index >= 15 is 0 Å². The number of halogens is 2. The Balaban J connectivity index is 1.48. The van der Waals surface area contributed by atoms with Gasteiger partial charge in [0.05, 0.1) is 6.61 Å². The van der Waals surface area contributed by atoms with Gasteiger partial charge in [0.1, 0.15) is 29.2 Å². The van der Waals surface area contributed by atoms with Crippen LogP contribution >= 0.6 is 0 Å². The van der Waals surface area contributed by atoms with Crippen molar-refractivity contribution in [3.63, 3.8) is 0 Å². The van der Waals surface area contributed by atoms with Crippen molar-refractivity contribution in [2.75, 3.05) is 31.6 Å². The SMILES string of the molecule is O=CCCN1CCC2(CC1)COc1cc(NC(=O)c3c(F)cccc3F)ccc12. The molecule has 2 aliphatic rings. The molecule has 0 atom stereocenters. The second kappa shape index (κ2) is 7.91. The number of carbonyl (C=O) groups excluding carboxylic acids is 2. The molecule has 0 saturated carbocycles. The molecular weight excluding hydrogens is 378 g/mol. The Morgan fingerprint density at radius 3 is 2.59 bits per heavy atom. The minimum Gasteiger partial charge on any atom is -0.492 e. The normalized spacial score (nSPS) is 17.6. The van der Waals surface area contributed by atoms with Crippen molar-refractivity contribution in [1.29, 1.82) is 0 Å². The second-order valence-corrected chi connectivity index (χ2v) is 7.63. The van der Waals surface area contributed by atoms with E-state index in [1.165, 1.54) is 6.07 Å². The van der Waals surface area contributed by atoms with E-state index in [4.69, 9.17) is 4.74 Å². The van der Waals surface area contributed by atoms with Crippen LogP contribution in [-0.2, 0) is 10.2 Å². The highest BCUT2D eigenvalue weighted by molar-refractivity contribution is 6.04. The minimum atomic E-state index is -0.903. The molecule has 0 aliphatic carbocycles. The lowest BCUT2D eigenvalue weighted by atomic mass is 9.74. The molecule has 0 unspecified atom stereocenters. The smallest absolute Gasteiger partial charge is 0.261 e. The molecule has 7 heteroatoms. The van der Waals surface area contributed by atoms with E-state index in [2.05, 4.69) is 10.2 Å². The molecule has 5 nitrogen and oxygen atoms in total. The third-order valence-electron chi connectivity index (χ3n) is 5.88. The van der Waals surface area contributed by atoms with Gasteiger partial charge < -0.3 is 19.7 Å². The standard InChI is InChI=1S/C22H22F2N2O3/c23-17-3-1-4-18(24)20(17)21(28)25-15-5-6-16-19(13-15)29-14-22(16)7-10-26(11-8-22)9-2-12-27/h1,3-6,12-13H,2,7-11,14H2,(H,25,28). The Bertz CT molecular complexity index is 919. The first kappa shape index (κ1) is 19.5. The highest BCUT2D eigenvalue weighted by atomic mass is 19.1. The summed E-state index contributed by atoms with van der Waals surface area (Å²) in [6.07, 6.45) is 3.36. The number of anilines is 1. The topological polar surface area (TPSA) is 58.6 Å². The number of fused-ring (bicyclic) bond motifs is 2. The van der Waals surface area contributed by atoms with Gasteiger partial charge in [-0.15, -0.1) is 0 Å². The zero-order valence-electron chi connectivity index (χ0n) is 15.9. The molecule has 152 valence electrons. The molecular formula is C22H22F2N2O3. The number of benzene rings is 2. The summed E-state index contributed by atoms with van der Waals surface area (Å²) in [6, 6.07) is 8.69. The first-order chi connectivity index (χ1) is 14.0. The van der Waals surface area contributed by atoms with E-state index in [9.17, 15) is 18.4 Å². The number of ether oxygens (including phenoxy) is 1. The Morgan fingerprint density at radius 2 is 1.90 bits per heavy atom. The number of carbonyl (C=O) groups is 2. The largest absolute Gasteiger partial charge is 0.492 e. The van der Waals surface area contributed by atoms with Crippen molar-refractivity contribution in [1.82, 2.24) is 4.90 Å². The van der Waals surface area contributed by atoms with Crippen molar-refractivity contribution < 1.29 is 23.1 Å². The third-order valence-corrected chi connectivity index (χ3v) is 5.88. The van der Waals surface area contributed by atoms with Gasteiger partial charge in [0.2, 0.25) is 0 Å². The van der Waals surface area contributed by atoms with Gasteiger partial charge >= 0.3 is 0 Å². The van der Waals surface area contributed by atoms with Crippen LogP contribution in [0.4, 0.5) is 14.5 Å². The highest BCUT2D eigenvalue weighted by Crippen LogP contribution is 2.46. The van der Waals surface area contributed by atoms with Crippen molar-refractivity contribution in [2.45, 2.75) is 24.7 Å². The van der Waals surface area contributed by atoms with Gasteiger partial charge in [-0.3, -0.25) is 4.79 Å². The molecule has 2 aromatic rings. The van der Waals surface area contributed by atoms with E-state index in [0.717, 1.165) is 56.5 Å². The van der Waals surface area contributed by atoms with Crippen LogP contribution in [0, 0.1) is 11.6 Å². The van der Waals surface area contributed by atoms with Crippen LogP contribution in [0.1, 0.15) is 35.2 Å². The maximum atomic E-state index is 13.8. The number of hydrogen-bond donors (Lipinski definition) is 1. The Labute approximate surface area is 167 Å². The van der Waals surface area contributed by atoms with Crippen molar-refractivity contribution in [2.24, 2.45) is 0 Å². The Morgan fingerprint density at radius 1 is 1.17 bits per heavy atom. The number of nitrogens with one attached hydrogen (secondary N) is 1. The van der Waals surface area contributed by atoms with Crippen LogP contribution in [0.5, 0.6) is 5.75 Å². The van der Waals surface area contributed by atoms with Crippen molar-refractivity contribution in [3.05, 3.63) is 59.2 Å². The quantitative estimate of drug-likeness (QED) is 0.780. The van der Waals surface area contributed by atoms with Crippen LogP contribution < -0.4 is 10.1 Å². The third kappa shape index (κ3) is 3.74. The monoisotopic (exact) mass is 400 g/mol. The van der Waals surface area contributed by atoms with Gasteiger partial charge in [0.25, 0.3) is 5.91 Å². The number of nitrogens with zero attached hydrogens (tertiary/aromatic N) is 1. The van der Waals surface area contributed by atoms with E-state index < -0.39 is 23.1 Å². The van der Waals surface area contributed by atoms with Crippen LogP contribution in [0.25, 0.3) is 0 Å². The number of likely N-dealkylation sites (tertiary alicyclic amines) is 1. The van der Waals surface area contributed by atoms with Gasteiger partial charge in [-0.1, -0.05) is 12.1 Å². The summed E-state index contributed by atoms with van der Waals surface area (Å²) in [4.78, 5) is 25.2. The molecule has 0 bridgehead atoms.